The van der Waals surface area contributed by atoms with E-state index in [9.17, 15) is 0 Å². The standard InChI is InChI=1S/C22H27N5S/c1-15-9-11-27(12-10-15)14-20-16(2)23-22(28-20)26-21-13-19(24-17(3)25-21)18-7-5-4-6-8-18/h4-8,13,15H,9-12,14H2,1-3H3,(H,23,24,25,26). The number of hydrogen-bond donors (Lipinski definition) is 1. The number of aromatic nitrogens is 3. The van der Waals surface area contributed by atoms with E-state index in [1.807, 2.05) is 31.2 Å². The zero-order valence-corrected chi connectivity index (χ0v) is 17.6. The zero-order chi connectivity index (χ0) is 19.5. The van der Waals surface area contributed by atoms with Gasteiger partial charge in [-0.05, 0) is 45.7 Å². The predicted molar refractivity (Wildman–Crippen MR) is 116 cm³/mol. The smallest absolute Gasteiger partial charge is 0.188 e. The molecule has 1 aromatic carbocycles. The normalized spacial score (nSPS) is 15.7. The van der Waals surface area contributed by atoms with Gasteiger partial charge >= 0.3 is 0 Å². The average molecular weight is 394 g/mol. The summed E-state index contributed by atoms with van der Waals surface area (Å²) in [5, 5.41) is 4.30. The molecule has 0 radical (unpaired) electrons. The van der Waals surface area contributed by atoms with Gasteiger partial charge in [0.05, 0.1) is 11.4 Å². The molecule has 0 bridgehead atoms. The van der Waals surface area contributed by atoms with Crippen LogP contribution in [0.2, 0.25) is 0 Å². The van der Waals surface area contributed by atoms with Gasteiger partial charge in [0.1, 0.15) is 11.6 Å². The minimum atomic E-state index is 0.750. The van der Waals surface area contributed by atoms with E-state index in [-0.39, 0.29) is 0 Å². The molecule has 146 valence electrons. The van der Waals surface area contributed by atoms with E-state index in [1.165, 1.54) is 30.8 Å². The van der Waals surface area contributed by atoms with Crippen LogP contribution in [0.15, 0.2) is 36.4 Å². The lowest BCUT2D eigenvalue weighted by Crippen LogP contribution is -2.32. The summed E-state index contributed by atoms with van der Waals surface area (Å²) in [5.41, 5.74) is 3.12. The van der Waals surface area contributed by atoms with Gasteiger partial charge in [-0.15, -0.1) is 11.3 Å². The molecule has 1 aliphatic rings. The van der Waals surface area contributed by atoms with Crippen molar-refractivity contribution < 1.29 is 0 Å². The minimum absolute atomic E-state index is 0.750. The number of thiazole rings is 1. The van der Waals surface area contributed by atoms with E-state index in [0.717, 1.165) is 46.2 Å². The largest absolute Gasteiger partial charge is 0.316 e. The molecule has 5 nitrogen and oxygen atoms in total. The lowest BCUT2D eigenvalue weighted by atomic mass is 9.99. The first-order valence-corrected chi connectivity index (χ1v) is 10.8. The molecule has 4 rings (SSSR count). The lowest BCUT2D eigenvalue weighted by molar-refractivity contribution is 0.186. The van der Waals surface area contributed by atoms with Crippen molar-refractivity contribution in [3.63, 3.8) is 0 Å². The first kappa shape index (κ1) is 19.0. The topological polar surface area (TPSA) is 53.9 Å². The van der Waals surface area contributed by atoms with E-state index in [0.29, 0.717) is 0 Å². The number of hydrogen-bond acceptors (Lipinski definition) is 6. The van der Waals surface area contributed by atoms with Crippen LogP contribution in [0.3, 0.4) is 0 Å². The Morgan fingerprint density at radius 3 is 2.57 bits per heavy atom. The van der Waals surface area contributed by atoms with E-state index in [2.05, 4.69) is 46.2 Å². The van der Waals surface area contributed by atoms with Crippen molar-refractivity contribution in [1.29, 1.82) is 0 Å². The molecule has 0 aliphatic carbocycles. The summed E-state index contributed by atoms with van der Waals surface area (Å²) >= 11 is 1.73. The van der Waals surface area contributed by atoms with Gasteiger partial charge in [-0.1, -0.05) is 37.3 Å². The summed E-state index contributed by atoms with van der Waals surface area (Å²) in [4.78, 5) is 17.8. The first-order valence-electron chi connectivity index (χ1n) is 9.93. The van der Waals surface area contributed by atoms with Gasteiger partial charge in [0.25, 0.3) is 0 Å². The van der Waals surface area contributed by atoms with Crippen molar-refractivity contribution in [2.24, 2.45) is 5.92 Å². The highest BCUT2D eigenvalue weighted by Gasteiger charge is 2.18. The molecule has 0 unspecified atom stereocenters. The second kappa shape index (κ2) is 8.37. The van der Waals surface area contributed by atoms with Gasteiger partial charge in [-0.2, -0.15) is 0 Å². The van der Waals surface area contributed by atoms with Crippen LogP contribution in [0.1, 0.15) is 36.2 Å². The number of piperidine rings is 1. The number of aryl methyl sites for hydroxylation is 2. The van der Waals surface area contributed by atoms with Crippen LogP contribution in [0.5, 0.6) is 0 Å². The van der Waals surface area contributed by atoms with Gasteiger partial charge < -0.3 is 5.32 Å². The van der Waals surface area contributed by atoms with E-state index in [1.54, 1.807) is 11.3 Å². The van der Waals surface area contributed by atoms with Gasteiger partial charge in [-0.25, -0.2) is 15.0 Å². The molecule has 28 heavy (non-hydrogen) atoms. The molecule has 3 aromatic rings. The average Bonchev–Trinajstić information content (AvgIpc) is 3.02. The number of rotatable bonds is 5. The molecule has 6 heteroatoms. The lowest BCUT2D eigenvalue weighted by Gasteiger charge is -2.29. The molecule has 1 N–H and O–H groups in total. The summed E-state index contributed by atoms with van der Waals surface area (Å²) in [6.45, 7) is 9.75. The second-order valence-corrected chi connectivity index (χ2v) is 8.75. The quantitative estimate of drug-likeness (QED) is 0.646. The van der Waals surface area contributed by atoms with Crippen LogP contribution in [0, 0.1) is 19.8 Å². The minimum Gasteiger partial charge on any atom is -0.316 e. The van der Waals surface area contributed by atoms with E-state index in [4.69, 9.17) is 4.98 Å². The highest BCUT2D eigenvalue weighted by atomic mass is 32.1. The van der Waals surface area contributed by atoms with Crippen molar-refractivity contribution in [3.8, 4) is 11.3 Å². The molecule has 2 aromatic heterocycles. The maximum absolute atomic E-state index is 4.74. The highest BCUT2D eigenvalue weighted by Crippen LogP contribution is 2.29. The van der Waals surface area contributed by atoms with Gasteiger partial charge in [0.15, 0.2) is 5.13 Å². The Kier molecular flexibility index (Phi) is 5.69. The van der Waals surface area contributed by atoms with Gasteiger partial charge in [-0.3, -0.25) is 4.90 Å². The van der Waals surface area contributed by atoms with Gasteiger partial charge in [0.2, 0.25) is 0 Å². The maximum atomic E-state index is 4.74. The summed E-state index contributed by atoms with van der Waals surface area (Å²) in [6.07, 6.45) is 2.59. The molecular formula is C22H27N5S. The van der Waals surface area contributed by atoms with Crippen molar-refractivity contribution in [1.82, 2.24) is 19.9 Å². The summed E-state index contributed by atoms with van der Waals surface area (Å²) in [5.74, 6) is 2.40. The maximum Gasteiger partial charge on any atom is 0.188 e. The number of anilines is 2. The van der Waals surface area contributed by atoms with Crippen molar-refractivity contribution in [3.05, 3.63) is 52.8 Å². The SMILES string of the molecule is Cc1nc(Nc2nc(C)c(CN3CCC(C)CC3)s2)cc(-c2ccccc2)n1. The fourth-order valence-corrected chi connectivity index (χ4v) is 4.56. The fourth-order valence-electron chi connectivity index (χ4n) is 3.55. The highest BCUT2D eigenvalue weighted by molar-refractivity contribution is 7.15. The van der Waals surface area contributed by atoms with Crippen molar-refractivity contribution in [2.75, 3.05) is 18.4 Å². The molecule has 1 saturated heterocycles. The summed E-state index contributed by atoms with van der Waals surface area (Å²) < 4.78 is 0. The molecule has 0 atom stereocenters. The van der Waals surface area contributed by atoms with Crippen LogP contribution >= 0.6 is 11.3 Å². The van der Waals surface area contributed by atoms with Crippen LogP contribution in [0.4, 0.5) is 10.9 Å². The Balaban J connectivity index is 1.50. The predicted octanol–water partition coefficient (Wildman–Crippen LogP) is 5.19. The Labute approximate surface area is 170 Å². The first-order chi connectivity index (χ1) is 13.6. The van der Waals surface area contributed by atoms with Crippen LogP contribution in [0.25, 0.3) is 11.3 Å². The zero-order valence-electron chi connectivity index (χ0n) is 16.8. The second-order valence-electron chi connectivity index (χ2n) is 7.66. The third-order valence-corrected chi connectivity index (χ3v) is 6.34. The van der Waals surface area contributed by atoms with Crippen LogP contribution in [-0.4, -0.2) is 32.9 Å². The van der Waals surface area contributed by atoms with E-state index >= 15 is 0 Å². The molecule has 1 aliphatic heterocycles. The Bertz CT molecular complexity index is 929. The number of likely N-dealkylation sites (tertiary alicyclic amines) is 1. The molecule has 0 saturated carbocycles. The molecule has 0 spiro atoms. The Morgan fingerprint density at radius 2 is 1.82 bits per heavy atom. The summed E-state index contributed by atoms with van der Waals surface area (Å²) in [7, 11) is 0. The number of benzene rings is 1. The Morgan fingerprint density at radius 1 is 1.07 bits per heavy atom. The fraction of sp³-hybridized carbons (Fsp3) is 0.409. The van der Waals surface area contributed by atoms with Crippen molar-refractivity contribution >= 4 is 22.3 Å². The third-order valence-electron chi connectivity index (χ3n) is 5.28. The summed E-state index contributed by atoms with van der Waals surface area (Å²) in [6, 6.07) is 12.2. The number of nitrogens with zero attached hydrogens (tertiary/aromatic N) is 4. The third kappa shape index (κ3) is 4.56. The molecule has 0 amide bonds. The molecular weight excluding hydrogens is 366 g/mol. The van der Waals surface area contributed by atoms with Crippen molar-refractivity contribution in [2.45, 2.75) is 40.2 Å². The molecule has 3 heterocycles. The van der Waals surface area contributed by atoms with E-state index < -0.39 is 0 Å². The van der Waals surface area contributed by atoms with Crippen LogP contribution in [-0.2, 0) is 6.54 Å². The monoisotopic (exact) mass is 393 g/mol. The van der Waals surface area contributed by atoms with Crippen LogP contribution < -0.4 is 5.32 Å². The Hall–Kier alpha value is -2.31. The van der Waals surface area contributed by atoms with Gasteiger partial charge in [0, 0.05) is 23.1 Å². The molecule has 1 fully saturated rings. The number of nitrogens with one attached hydrogen (secondary N) is 1.